The van der Waals surface area contributed by atoms with E-state index in [2.05, 4.69) is 5.32 Å². The van der Waals surface area contributed by atoms with Crippen LogP contribution in [0.5, 0.6) is 5.75 Å². The van der Waals surface area contributed by atoms with Crippen molar-refractivity contribution in [2.45, 2.75) is 26.7 Å². The molecule has 1 aliphatic heterocycles. The molecule has 110 valence electrons. The van der Waals surface area contributed by atoms with Crippen LogP contribution in [0, 0.1) is 0 Å². The van der Waals surface area contributed by atoms with Gasteiger partial charge in [-0.25, -0.2) is 4.79 Å². The van der Waals surface area contributed by atoms with Crippen LogP contribution in [0.2, 0.25) is 0 Å². The Labute approximate surface area is 119 Å². The molecule has 1 saturated heterocycles. The largest absolute Gasteiger partial charge is 0.497 e. The molecular formula is C15H22N2O3. The predicted molar refractivity (Wildman–Crippen MR) is 79.2 cm³/mol. The third-order valence-electron chi connectivity index (χ3n) is 2.95. The van der Waals surface area contributed by atoms with E-state index in [0.29, 0.717) is 25.9 Å². The van der Waals surface area contributed by atoms with Crippen molar-refractivity contribution in [2.24, 2.45) is 0 Å². The summed E-state index contributed by atoms with van der Waals surface area (Å²) in [6.45, 7) is 5.00. The molecule has 1 aromatic carbocycles. The first kappa shape index (κ1) is 16.0. The van der Waals surface area contributed by atoms with Crippen LogP contribution < -0.4 is 10.1 Å². The van der Waals surface area contributed by atoms with Crippen LogP contribution in [-0.4, -0.2) is 36.9 Å². The lowest BCUT2D eigenvalue weighted by molar-refractivity contribution is -0.120. The second kappa shape index (κ2) is 8.19. The number of piperidine rings is 1. The summed E-state index contributed by atoms with van der Waals surface area (Å²) in [5.41, 5.74) is 0.720. The van der Waals surface area contributed by atoms with Crippen LogP contribution in [0.15, 0.2) is 24.3 Å². The summed E-state index contributed by atoms with van der Waals surface area (Å²) in [4.78, 5) is 24.6. The number of urea groups is 1. The van der Waals surface area contributed by atoms with E-state index in [1.54, 1.807) is 36.3 Å². The third-order valence-corrected chi connectivity index (χ3v) is 2.95. The van der Waals surface area contributed by atoms with Gasteiger partial charge in [-0.15, -0.1) is 0 Å². The van der Waals surface area contributed by atoms with E-state index >= 15 is 0 Å². The molecule has 1 heterocycles. The van der Waals surface area contributed by atoms with Gasteiger partial charge in [0.1, 0.15) is 11.5 Å². The fraction of sp³-hybridized carbons (Fsp3) is 0.467. The average molecular weight is 278 g/mol. The zero-order valence-electron chi connectivity index (χ0n) is 12.3. The van der Waals surface area contributed by atoms with Gasteiger partial charge in [0.25, 0.3) is 0 Å². The Balaban J connectivity index is 0.000000956. The first-order valence-corrected chi connectivity index (χ1v) is 6.91. The zero-order chi connectivity index (χ0) is 15.0. The van der Waals surface area contributed by atoms with Gasteiger partial charge < -0.3 is 15.0 Å². The predicted octanol–water partition coefficient (Wildman–Crippen LogP) is 2.92. The van der Waals surface area contributed by atoms with E-state index < -0.39 is 0 Å². The maximum atomic E-state index is 11.9. The van der Waals surface area contributed by atoms with Crippen LogP contribution in [0.25, 0.3) is 0 Å². The van der Waals surface area contributed by atoms with Gasteiger partial charge in [-0.1, -0.05) is 13.8 Å². The van der Waals surface area contributed by atoms with E-state index in [9.17, 15) is 9.59 Å². The second-order valence-corrected chi connectivity index (χ2v) is 4.18. The van der Waals surface area contributed by atoms with Gasteiger partial charge in [0.05, 0.1) is 7.11 Å². The Hall–Kier alpha value is -2.04. The molecule has 1 aromatic rings. The summed E-state index contributed by atoms with van der Waals surface area (Å²) in [7, 11) is 1.60. The monoisotopic (exact) mass is 278 g/mol. The summed E-state index contributed by atoms with van der Waals surface area (Å²) < 4.78 is 5.04. The number of benzene rings is 1. The molecule has 0 aromatic heterocycles. The highest BCUT2D eigenvalue weighted by molar-refractivity contribution is 5.91. The number of rotatable bonds is 2. The number of hydrogen-bond acceptors (Lipinski definition) is 3. The number of likely N-dealkylation sites (tertiary alicyclic amines) is 1. The zero-order valence-corrected chi connectivity index (χ0v) is 12.3. The lowest BCUT2D eigenvalue weighted by Crippen LogP contribution is -2.41. The van der Waals surface area contributed by atoms with Crippen LogP contribution in [0.4, 0.5) is 10.5 Å². The molecule has 5 nitrogen and oxygen atoms in total. The van der Waals surface area contributed by atoms with E-state index in [0.717, 1.165) is 11.4 Å². The molecule has 0 aliphatic carbocycles. The van der Waals surface area contributed by atoms with Crippen LogP contribution in [0.1, 0.15) is 26.7 Å². The topological polar surface area (TPSA) is 58.6 Å². The number of ketones is 1. The first-order valence-electron chi connectivity index (χ1n) is 6.91. The summed E-state index contributed by atoms with van der Waals surface area (Å²) in [5, 5.41) is 2.80. The minimum atomic E-state index is -0.160. The van der Waals surface area contributed by atoms with Crippen molar-refractivity contribution in [1.82, 2.24) is 4.90 Å². The Morgan fingerprint density at radius 1 is 1.15 bits per heavy atom. The summed E-state index contributed by atoms with van der Waals surface area (Å²) in [5.74, 6) is 0.972. The smallest absolute Gasteiger partial charge is 0.321 e. The van der Waals surface area contributed by atoms with Crippen molar-refractivity contribution in [1.29, 1.82) is 0 Å². The van der Waals surface area contributed by atoms with Crippen molar-refractivity contribution in [3.63, 3.8) is 0 Å². The number of nitrogens with one attached hydrogen (secondary N) is 1. The third kappa shape index (κ3) is 4.57. The van der Waals surface area contributed by atoms with E-state index in [1.807, 2.05) is 13.8 Å². The van der Waals surface area contributed by atoms with Crippen LogP contribution >= 0.6 is 0 Å². The molecule has 20 heavy (non-hydrogen) atoms. The minimum absolute atomic E-state index is 0.160. The normalized spacial score (nSPS) is 14.2. The molecule has 0 bridgehead atoms. The minimum Gasteiger partial charge on any atom is -0.497 e. The number of methoxy groups -OCH3 is 1. The standard InChI is InChI=1S/C13H16N2O3.C2H6/c1-18-12-4-2-10(3-5-12)14-13(17)15-8-6-11(16)7-9-15;1-2/h2-5H,6-9H2,1H3,(H,14,17);1-2H3. The van der Waals surface area contributed by atoms with Gasteiger partial charge in [0, 0.05) is 31.6 Å². The SMILES string of the molecule is CC.COc1ccc(NC(=O)N2CCC(=O)CC2)cc1. The van der Waals surface area contributed by atoms with E-state index in [4.69, 9.17) is 4.74 Å². The first-order chi connectivity index (χ1) is 9.69. The highest BCUT2D eigenvalue weighted by atomic mass is 16.5. The number of nitrogens with zero attached hydrogens (tertiary/aromatic N) is 1. The maximum absolute atomic E-state index is 11.9. The molecule has 1 N–H and O–H groups in total. The number of amides is 2. The number of carbonyl (C=O) groups excluding carboxylic acids is 2. The molecule has 1 aliphatic rings. The van der Waals surface area contributed by atoms with Gasteiger partial charge in [0.15, 0.2) is 0 Å². The van der Waals surface area contributed by atoms with Gasteiger partial charge >= 0.3 is 6.03 Å². The molecule has 5 heteroatoms. The van der Waals surface area contributed by atoms with Crippen molar-refractivity contribution in [3.05, 3.63) is 24.3 Å². The van der Waals surface area contributed by atoms with Crippen LogP contribution in [-0.2, 0) is 4.79 Å². The summed E-state index contributed by atoms with van der Waals surface area (Å²) in [6.07, 6.45) is 0.909. The number of Topliss-reactive ketones (excluding diaryl/α,β-unsaturated/α-hetero) is 1. The Morgan fingerprint density at radius 2 is 1.70 bits per heavy atom. The van der Waals surface area contributed by atoms with E-state index in [-0.39, 0.29) is 11.8 Å². The molecule has 0 atom stereocenters. The van der Waals surface area contributed by atoms with Crippen molar-refractivity contribution in [2.75, 3.05) is 25.5 Å². The average Bonchev–Trinajstić information content (AvgIpc) is 2.50. The number of carbonyl (C=O) groups is 2. The molecule has 0 radical (unpaired) electrons. The molecule has 1 fully saturated rings. The molecule has 0 saturated carbocycles. The van der Waals surface area contributed by atoms with Crippen molar-refractivity contribution < 1.29 is 14.3 Å². The Morgan fingerprint density at radius 3 is 2.20 bits per heavy atom. The fourth-order valence-electron chi connectivity index (χ4n) is 1.84. The fourth-order valence-corrected chi connectivity index (χ4v) is 1.84. The van der Waals surface area contributed by atoms with Gasteiger partial charge in [-0.2, -0.15) is 0 Å². The molecule has 0 spiro atoms. The highest BCUT2D eigenvalue weighted by Gasteiger charge is 2.20. The Kier molecular flexibility index (Phi) is 6.56. The van der Waals surface area contributed by atoms with Gasteiger partial charge in [-0.3, -0.25) is 4.79 Å². The molecule has 0 unspecified atom stereocenters. The number of hydrogen-bond donors (Lipinski definition) is 1. The lowest BCUT2D eigenvalue weighted by atomic mass is 10.1. The molecular weight excluding hydrogens is 256 g/mol. The Bertz CT molecular complexity index is 433. The lowest BCUT2D eigenvalue weighted by Gasteiger charge is -2.26. The summed E-state index contributed by atoms with van der Waals surface area (Å²) in [6, 6.07) is 6.98. The highest BCUT2D eigenvalue weighted by Crippen LogP contribution is 2.16. The number of anilines is 1. The molecule has 2 amide bonds. The second-order valence-electron chi connectivity index (χ2n) is 4.18. The molecule has 2 rings (SSSR count). The van der Waals surface area contributed by atoms with Gasteiger partial charge in [0.2, 0.25) is 0 Å². The summed E-state index contributed by atoms with van der Waals surface area (Å²) >= 11 is 0. The maximum Gasteiger partial charge on any atom is 0.321 e. The van der Waals surface area contributed by atoms with Crippen molar-refractivity contribution in [3.8, 4) is 5.75 Å². The number of ether oxygens (including phenoxy) is 1. The van der Waals surface area contributed by atoms with E-state index in [1.165, 1.54) is 0 Å². The van der Waals surface area contributed by atoms with Crippen molar-refractivity contribution >= 4 is 17.5 Å². The quantitative estimate of drug-likeness (QED) is 0.905. The van der Waals surface area contributed by atoms with Crippen LogP contribution in [0.3, 0.4) is 0 Å². The van der Waals surface area contributed by atoms with Gasteiger partial charge in [-0.05, 0) is 24.3 Å².